The van der Waals surface area contributed by atoms with Gasteiger partial charge in [0.1, 0.15) is 12.4 Å². The fourth-order valence-electron chi connectivity index (χ4n) is 2.30. The molecule has 1 aliphatic heterocycles. The summed E-state index contributed by atoms with van der Waals surface area (Å²) in [4.78, 5) is 2.25. The highest BCUT2D eigenvalue weighted by Gasteiger charge is 2.22. The monoisotopic (exact) mass is 330 g/mol. The quantitative estimate of drug-likeness (QED) is 0.788. The van der Waals surface area contributed by atoms with Crippen molar-refractivity contribution >= 4 is 27.5 Å². The zero-order valence-corrected chi connectivity index (χ0v) is 12.7. The van der Waals surface area contributed by atoms with Crippen molar-refractivity contribution in [1.82, 2.24) is 3.93 Å². The van der Waals surface area contributed by atoms with Crippen molar-refractivity contribution in [2.24, 2.45) is 0 Å². The van der Waals surface area contributed by atoms with Gasteiger partial charge in [-0.3, -0.25) is 3.93 Å². The predicted octanol–water partition coefficient (Wildman–Crippen LogP) is 4.08. The molecule has 3 rings (SSSR count). The predicted molar refractivity (Wildman–Crippen MR) is 85.5 cm³/mol. The van der Waals surface area contributed by atoms with Crippen LogP contribution in [0.5, 0.6) is 5.75 Å². The lowest BCUT2D eigenvalue weighted by atomic mass is 10.1. The van der Waals surface area contributed by atoms with E-state index in [0.717, 1.165) is 23.7 Å². The second kappa shape index (κ2) is 5.59. The maximum atomic E-state index is 5.31. The highest BCUT2D eigenvalue weighted by molar-refractivity contribution is 9.07. The molecule has 0 fully saturated rings. The largest absolute Gasteiger partial charge is 0.497 e. The van der Waals surface area contributed by atoms with Crippen LogP contribution >= 0.6 is 16.1 Å². The van der Waals surface area contributed by atoms with Gasteiger partial charge in [-0.2, -0.15) is 0 Å². The minimum absolute atomic E-state index is 0.774. The number of hydrogen-bond donors (Lipinski definition) is 0. The van der Waals surface area contributed by atoms with Gasteiger partial charge in [0, 0.05) is 17.5 Å². The number of ether oxygens (including phenoxy) is 1. The summed E-state index contributed by atoms with van der Waals surface area (Å²) < 4.78 is 7.31. The van der Waals surface area contributed by atoms with Gasteiger partial charge in [0.2, 0.25) is 0 Å². The topological polar surface area (TPSA) is 15.7 Å². The van der Waals surface area contributed by atoms with Crippen LogP contribution in [0.4, 0.5) is 5.69 Å². The minimum atomic E-state index is 0.774. The summed E-state index contributed by atoms with van der Waals surface area (Å²) in [6, 6.07) is 18.5. The summed E-state index contributed by atoms with van der Waals surface area (Å²) in [6.45, 7) is 0.774. The fraction of sp³-hybridized carbons (Fsp3) is 0.125. The molecule has 0 saturated heterocycles. The smallest absolute Gasteiger partial charge is 0.119 e. The third-order valence-electron chi connectivity index (χ3n) is 3.26. The summed E-state index contributed by atoms with van der Waals surface area (Å²) >= 11 is 3.53. The van der Waals surface area contributed by atoms with Crippen LogP contribution in [0.2, 0.25) is 0 Å². The van der Waals surface area contributed by atoms with Crippen molar-refractivity contribution in [2.45, 2.75) is 0 Å². The van der Waals surface area contributed by atoms with Gasteiger partial charge in [0.15, 0.2) is 0 Å². The molecule has 1 heterocycles. The summed E-state index contributed by atoms with van der Waals surface area (Å²) in [7, 11) is 1.69. The van der Waals surface area contributed by atoms with Crippen molar-refractivity contribution in [3.05, 3.63) is 66.4 Å². The Labute approximate surface area is 127 Å². The third-order valence-corrected chi connectivity index (χ3v) is 3.69. The number of hydrogen-bond acceptors (Lipinski definition) is 3. The van der Waals surface area contributed by atoms with Crippen LogP contribution in [0, 0.1) is 0 Å². The van der Waals surface area contributed by atoms with E-state index in [1.807, 2.05) is 28.2 Å². The van der Waals surface area contributed by atoms with Crippen molar-refractivity contribution in [1.29, 1.82) is 0 Å². The Morgan fingerprint density at radius 2 is 1.85 bits per heavy atom. The SMILES string of the molecule is COc1cccc(C2=CN(Br)CN2c2ccccc2)c1. The first-order valence-electron chi connectivity index (χ1n) is 6.39. The molecular formula is C16H15BrN2O. The maximum Gasteiger partial charge on any atom is 0.119 e. The molecule has 102 valence electrons. The van der Waals surface area contributed by atoms with E-state index in [1.165, 1.54) is 5.69 Å². The van der Waals surface area contributed by atoms with Crippen LogP contribution in [0.15, 0.2) is 60.8 Å². The van der Waals surface area contributed by atoms with Gasteiger partial charge in [0.05, 0.1) is 29.0 Å². The molecule has 0 aromatic heterocycles. The van der Waals surface area contributed by atoms with E-state index in [0.29, 0.717) is 0 Å². The van der Waals surface area contributed by atoms with Gasteiger partial charge < -0.3 is 9.64 Å². The number of nitrogens with zero attached hydrogens (tertiary/aromatic N) is 2. The number of anilines is 1. The molecule has 0 atom stereocenters. The minimum Gasteiger partial charge on any atom is -0.497 e. The molecule has 0 unspecified atom stereocenters. The van der Waals surface area contributed by atoms with Gasteiger partial charge in [-0.1, -0.05) is 30.3 Å². The van der Waals surface area contributed by atoms with E-state index in [4.69, 9.17) is 4.74 Å². The van der Waals surface area contributed by atoms with Crippen LogP contribution in [0.25, 0.3) is 5.70 Å². The van der Waals surface area contributed by atoms with E-state index in [1.54, 1.807) is 7.11 Å². The Kier molecular flexibility index (Phi) is 3.65. The van der Waals surface area contributed by atoms with Gasteiger partial charge in [-0.15, -0.1) is 0 Å². The highest BCUT2D eigenvalue weighted by atomic mass is 79.9. The zero-order valence-electron chi connectivity index (χ0n) is 11.2. The normalized spacial score (nSPS) is 14.4. The van der Waals surface area contributed by atoms with Crippen LogP contribution in [-0.4, -0.2) is 17.7 Å². The first kappa shape index (κ1) is 13.1. The van der Waals surface area contributed by atoms with Crippen molar-refractivity contribution < 1.29 is 4.74 Å². The van der Waals surface area contributed by atoms with Gasteiger partial charge in [0.25, 0.3) is 0 Å². The first-order chi connectivity index (χ1) is 9.78. The second-order valence-electron chi connectivity index (χ2n) is 4.55. The Hall–Kier alpha value is -1.94. The van der Waals surface area contributed by atoms with Crippen molar-refractivity contribution in [3.63, 3.8) is 0 Å². The van der Waals surface area contributed by atoms with Crippen LogP contribution < -0.4 is 9.64 Å². The lowest BCUT2D eigenvalue weighted by Crippen LogP contribution is -2.21. The van der Waals surface area contributed by atoms with E-state index < -0.39 is 0 Å². The van der Waals surface area contributed by atoms with Crippen molar-refractivity contribution in [2.75, 3.05) is 18.7 Å². The fourth-order valence-corrected chi connectivity index (χ4v) is 2.71. The zero-order chi connectivity index (χ0) is 13.9. The number of benzene rings is 2. The van der Waals surface area contributed by atoms with Crippen LogP contribution in [0.3, 0.4) is 0 Å². The Balaban J connectivity index is 1.99. The van der Waals surface area contributed by atoms with Crippen molar-refractivity contribution in [3.8, 4) is 5.75 Å². The van der Waals surface area contributed by atoms with E-state index in [-0.39, 0.29) is 0 Å². The summed E-state index contributed by atoms with van der Waals surface area (Å²) in [5.41, 5.74) is 3.45. The Morgan fingerprint density at radius 3 is 2.60 bits per heavy atom. The molecule has 2 aromatic rings. The van der Waals surface area contributed by atoms with Gasteiger partial charge in [-0.05, 0) is 24.3 Å². The molecular weight excluding hydrogens is 316 g/mol. The molecule has 0 aliphatic carbocycles. The molecule has 0 spiro atoms. The van der Waals surface area contributed by atoms with Gasteiger partial charge >= 0.3 is 0 Å². The summed E-state index contributed by atoms with van der Waals surface area (Å²) in [6.07, 6.45) is 2.09. The van der Waals surface area contributed by atoms with E-state index in [2.05, 4.69) is 57.6 Å². The lowest BCUT2D eigenvalue weighted by molar-refractivity contribution is 0.414. The third kappa shape index (κ3) is 2.51. The lowest BCUT2D eigenvalue weighted by Gasteiger charge is -2.22. The van der Waals surface area contributed by atoms with Crippen LogP contribution in [-0.2, 0) is 0 Å². The second-order valence-corrected chi connectivity index (χ2v) is 5.46. The summed E-state index contributed by atoms with van der Waals surface area (Å²) in [5.74, 6) is 0.865. The van der Waals surface area contributed by atoms with Gasteiger partial charge in [-0.25, -0.2) is 0 Å². The Bertz CT molecular complexity index is 627. The molecule has 1 aliphatic rings. The van der Waals surface area contributed by atoms with E-state index >= 15 is 0 Å². The number of para-hydroxylation sites is 1. The standard InChI is InChI=1S/C16H15BrN2O/c1-20-15-9-5-6-13(10-15)16-11-18(17)12-19(16)14-7-3-2-4-8-14/h2-11H,12H2,1H3. The average molecular weight is 331 g/mol. The molecule has 0 amide bonds. The highest BCUT2D eigenvalue weighted by Crippen LogP contribution is 2.33. The number of halogens is 1. The maximum absolute atomic E-state index is 5.31. The van der Waals surface area contributed by atoms with Crippen LogP contribution in [0.1, 0.15) is 5.56 Å². The number of rotatable bonds is 3. The molecule has 3 nitrogen and oxygen atoms in total. The average Bonchev–Trinajstić information content (AvgIpc) is 2.90. The first-order valence-corrected chi connectivity index (χ1v) is 7.10. The number of methoxy groups -OCH3 is 1. The molecule has 0 N–H and O–H groups in total. The molecule has 0 radical (unpaired) electrons. The van der Waals surface area contributed by atoms with E-state index in [9.17, 15) is 0 Å². The summed E-state index contributed by atoms with van der Waals surface area (Å²) in [5, 5.41) is 0. The molecule has 0 saturated carbocycles. The molecule has 0 bridgehead atoms. The molecule has 4 heteroatoms. The molecule has 2 aromatic carbocycles. The Morgan fingerprint density at radius 1 is 1.05 bits per heavy atom. The molecule has 20 heavy (non-hydrogen) atoms.